The fourth-order valence-electron chi connectivity index (χ4n) is 1.29. The number of aliphatic hydroxyl groups is 2. The van der Waals surface area contributed by atoms with Gasteiger partial charge in [0.1, 0.15) is 0 Å². The van der Waals surface area contributed by atoms with E-state index in [0.717, 1.165) is 25.8 Å². The molecule has 3 N–H and O–H groups in total. The molecule has 2 atom stereocenters. The maximum Gasteiger partial charge on any atom is 0.0496 e. The molecule has 0 heterocycles. The van der Waals surface area contributed by atoms with E-state index in [2.05, 4.69) is 26.1 Å². The summed E-state index contributed by atoms with van der Waals surface area (Å²) in [5.41, 5.74) is -0.0249. The molecule has 86 valence electrons. The summed E-state index contributed by atoms with van der Waals surface area (Å²) in [5, 5.41) is 21.4. The average Bonchev–Trinajstić information content (AvgIpc) is 2.23. The lowest BCUT2D eigenvalue weighted by atomic mass is 9.88. The number of hydrogen-bond donors (Lipinski definition) is 3. The molecule has 0 saturated heterocycles. The van der Waals surface area contributed by atoms with E-state index < -0.39 is 0 Å². The molecule has 0 rings (SSSR count). The summed E-state index contributed by atoms with van der Waals surface area (Å²) in [4.78, 5) is 0. The largest absolute Gasteiger partial charge is 0.396 e. The quantitative estimate of drug-likeness (QED) is 0.554. The van der Waals surface area contributed by atoms with Crippen LogP contribution >= 0.6 is 0 Å². The van der Waals surface area contributed by atoms with Gasteiger partial charge in [0.05, 0.1) is 0 Å². The molecule has 3 nitrogen and oxygen atoms in total. The van der Waals surface area contributed by atoms with Crippen molar-refractivity contribution < 1.29 is 10.2 Å². The van der Waals surface area contributed by atoms with Gasteiger partial charge in [-0.05, 0) is 19.3 Å². The van der Waals surface area contributed by atoms with Crippen LogP contribution in [-0.2, 0) is 0 Å². The van der Waals surface area contributed by atoms with Crippen LogP contribution in [0.25, 0.3) is 0 Å². The van der Waals surface area contributed by atoms with Gasteiger partial charge >= 0.3 is 0 Å². The monoisotopic (exact) mass is 203 g/mol. The third-order valence-corrected chi connectivity index (χ3v) is 3.02. The van der Waals surface area contributed by atoms with E-state index in [-0.39, 0.29) is 18.6 Å². The second-order valence-corrected chi connectivity index (χ2v) is 4.32. The Morgan fingerprint density at radius 2 is 1.93 bits per heavy atom. The van der Waals surface area contributed by atoms with Gasteiger partial charge in [0.2, 0.25) is 0 Å². The van der Waals surface area contributed by atoms with Crippen molar-refractivity contribution in [3.8, 4) is 0 Å². The molecule has 0 spiro atoms. The summed E-state index contributed by atoms with van der Waals surface area (Å²) in [6.45, 7) is 7.53. The number of nitrogens with one attached hydrogen (secondary N) is 1. The van der Waals surface area contributed by atoms with Crippen molar-refractivity contribution in [2.45, 2.75) is 46.1 Å². The van der Waals surface area contributed by atoms with Gasteiger partial charge in [-0.15, -0.1) is 0 Å². The van der Waals surface area contributed by atoms with Gasteiger partial charge in [-0.2, -0.15) is 0 Å². The van der Waals surface area contributed by atoms with Crippen molar-refractivity contribution >= 4 is 0 Å². The molecule has 0 amide bonds. The van der Waals surface area contributed by atoms with Gasteiger partial charge in [-0.25, -0.2) is 0 Å². The lowest BCUT2D eigenvalue weighted by Gasteiger charge is -2.28. The van der Waals surface area contributed by atoms with Crippen molar-refractivity contribution in [1.82, 2.24) is 5.32 Å². The molecule has 0 radical (unpaired) electrons. The highest BCUT2D eigenvalue weighted by Crippen LogP contribution is 2.18. The number of rotatable bonds is 8. The van der Waals surface area contributed by atoms with E-state index in [1.165, 1.54) is 0 Å². The Bertz CT molecular complexity index is 135. The molecular weight excluding hydrogens is 178 g/mol. The zero-order chi connectivity index (χ0) is 11.0. The Kier molecular flexibility index (Phi) is 7.15. The average molecular weight is 203 g/mol. The molecule has 3 heteroatoms. The van der Waals surface area contributed by atoms with Crippen molar-refractivity contribution in [2.75, 3.05) is 19.8 Å². The smallest absolute Gasteiger partial charge is 0.0496 e. The van der Waals surface area contributed by atoms with Crippen molar-refractivity contribution in [3.05, 3.63) is 0 Å². The molecule has 0 aliphatic rings. The number of aliphatic hydroxyl groups excluding tert-OH is 2. The molecule has 0 aliphatic carbocycles. The van der Waals surface area contributed by atoms with Gasteiger partial charge in [0, 0.05) is 31.2 Å². The third-order valence-electron chi connectivity index (χ3n) is 3.02. The predicted octanol–water partition coefficient (Wildman–Crippen LogP) is 1.15. The van der Waals surface area contributed by atoms with Crippen molar-refractivity contribution in [2.24, 2.45) is 5.41 Å². The SMILES string of the molecule is CCC(CCO)NCC(C)(CC)CO. The Morgan fingerprint density at radius 1 is 1.29 bits per heavy atom. The summed E-state index contributed by atoms with van der Waals surface area (Å²) in [6.07, 6.45) is 2.78. The second-order valence-electron chi connectivity index (χ2n) is 4.32. The highest BCUT2D eigenvalue weighted by molar-refractivity contribution is 4.77. The fraction of sp³-hybridized carbons (Fsp3) is 1.00. The van der Waals surface area contributed by atoms with E-state index in [1.807, 2.05) is 0 Å². The van der Waals surface area contributed by atoms with Gasteiger partial charge in [0.15, 0.2) is 0 Å². The Balaban J connectivity index is 3.87. The Hall–Kier alpha value is -0.120. The molecule has 0 aromatic carbocycles. The molecule has 0 bridgehead atoms. The van der Waals surface area contributed by atoms with E-state index in [0.29, 0.717) is 6.04 Å². The minimum absolute atomic E-state index is 0.0249. The van der Waals surface area contributed by atoms with Crippen LogP contribution in [-0.4, -0.2) is 36.0 Å². The summed E-state index contributed by atoms with van der Waals surface area (Å²) in [7, 11) is 0. The van der Waals surface area contributed by atoms with E-state index in [1.54, 1.807) is 0 Å². The molecule has 0 saturated carbocycles. The van der Waals surface area contributed by atoms with E-state index in [4.69, 9.17) is 5.11 Å². The van der Waals surface area contributed by atoms with Gasteiger partial charge < -0.3 is 15.5 Å². The number of hydrogen-bond acceptors (Lipinski definition) is 3. The molecule has 0 aromatic rings. The van der Waals surface area contributed by atoms with Crippen LogP contribution < -0.4 is 5.32 Å². The van der Waals surface area contributed by atoms with Crippen molar-refractivity contribution in [1.29, 1.82) is 0 Å². The zero-order valence-electron chi connectivity index (χ0n) is 9.71. The van der Waals surface area contributed by atoms with Crippen LogP contribution in [0, 0.1) is 5.41 Å². The molecular formula is C11H25NO2. The molecule has 0 fully saturated rings. The first-order valence-corrected chi connectivity index (χ1v) is 5.57. The predicted molar refractivity (Wildman–Crippen MR) is 59.3 cm³/mol. The highest BCUT2D eigenvalue weighted by Gasteiger charge is 2.21. The van der Waals surface area contributed by atoms with Crippen LogP contribution in [0.5, 0.6) is 0 Å². The van der Waals surface area contributed by atoms with Gasteiger partial charge in [0.25, 0.3) is 0 Å². The minimum Gasteiger partial charge on any atom is -0.396 e. The second kappa shape index (κ2) is 7.21. The van der Waals surface area contributed by atoms with Crippen LogP contribution in [0.4, 0.5) is 0 Å². The van der Waals surface area contributed by atoms with E-state index >= 15 is 0 Å². The summed E-state index contributed by atoms with van der Waals surface area (Å²) >= 11 is 0. The first-order chi connectivity index (χ1) is 6.61. The maximum absolute atomic E-state index is 9.21. The normalized spacial score (nSPS) is 17.8. The van der Waals surface area contributed by atoms with Crippen LogP contribution in [0.2, 0.25) is 0 Å². The molecule has 14 heavy (non-hydrogen) atoms. The zero-order valence-corrected chi connectivity index (χ0v) is 9.71. The lowest BCUT2D eigenvalue weighted by molar-refractivity contribution is 0.129. The molecule has 0 aliphatic heterocycles. The molecule has 2 unspecified atom stereocenters. The Morgan fingerprint density at radius 3 is 2.29 bits per heavy atom. The summed E-state index contributed by atoms with van der Waals surface area (Å²) < 4.78 is 0. The summed E-state index contributed by atoms with van der Waals surface area (Å²) in [5.74, 6) is 0. The van der Waals surface area contributed by atoms with Crippen molar-refractivity contribution in [3.63, 3.8) is 0 Å². The fourth-order valence-corrected chi connectivity index (χ4v) is 1.29. The van der Waals surface area contributed by atoms with Crippen LogP contribution in [0.3, 0.4) is 0 Å². The first-order valence-electron chi connectivity index (χ1n) is 5.57. The van der Waals surface area contributed by atoms with Crippen LogP contribution in [0.1, 0.15) is 40.0 Å². The maximum atomic E-state index is 9.21. The third kappa shape index (κ3) is 4.94. The van der Waals surface area contributed by atoms with Crippen LogP contribution in [0.15, 0.2) is 0 Å². The highest BCUT2D eigenvalue weighted by atomic mass is 16.3. The van der Waals surface area contributed by atoms with E-state index in [9.17, 15) is 5.11 Å². The van der Waals surface area contributed by atoms with Gasteiger partial charge in [-0.3, -0.25) is 0 Å². The topological polar surface area (TPSA) is 52.5 Å². The lowest BCUT2D eigenvalue weighted by Crippen LogP contribution is -2.40. The molecule has 0 aromatic heterocycles. The summed E-state index contributed by atoms with van der Waals surface area (Å²) in [6, 6.07) is 0.373. The standard InChI is InChI=1S/C11H25NO2/c1-4-10(6-7-13)12-8-11(3,5-2)9-14/h10,12-14H,4-9H2,1-3H3. The first kappa shape index (κ1) is 13.9. The minimum atomic E-state index is -0.0249. The Labute approximate surface area is 87.5 Å². The van der Waals surface area contributed by atoms with Gasteiger partial charge in [-0.1, -0.05) is 20.8 Å².